The van der Waals surface area contributed by atoms with E-state index in [1.54, 1.807) is 12.3 Å². The Labute approximate surface area is 118 Å². The Morgan fingerprint density at radius 2 is 2.15 bits per heavy atom. The van der Waals surface area contributed by atoms with E-state index in [9.17, 15) is 8.42 Å². The highest BCUT2D eigenvalue weighted by Crippen LogP contribution is 2.13. The minimum absolute atomic E-state index is 0.0663. The predicted octanol–water partition coefficient (Wildman–Crippen LogP) is 0.253. The third kappa shape index (κ3) is 3.47. The molecule has 8 heteroatoms. The van der Waals surface area contributed by atoms with Crippen molar-refractivity contribution in [2.24, 2.45) is 7.05 Å². The summed E-state index contributed by atoms with van der Waals surface area (Å²) >= 11 is 0. The Morgan fingerprint density at radius 1 is 1.35 bits per heavy atom. The lowest BCUT2D eigenvalue weighted by molar-refractivity contribution is 0.401. The lowest BCUT2D eigenvalue weighted by atomic mass is 10.3. The van der Waals surface area contributed by atoms with Gasteiger partial charge in [0.1, 0.15) is 5.76 Å². The zero-order valence-electron chi connectivity index (χ0n) is 11.5. The van der Waals surface area contributed by atoms with Gasteiger partial charge in [-0.1, -0.05) is 0 Å². The predicted molar refractivity (Wildman–Crippen MR) is 73.6 cm³/mol. The number of aryl methyl sites for hydroxylation is 1. The molecule has 0 radical (unpaired) electrons. The van der Waals surface area contributed by atoms with Gasteiger partial charge in [0.05, 0.1) is 6.54 Å². The minimum Gasteiger partial charge on any atom is -0.447 e. The molecule has 2 N–H and O–H groups in total. The van der Waals surface area contributed by atoms with Crippen molar-refractivity contribution in [2.75, 3.05) is 13.6 Å². The Bertz CT molecular complexity index is 660. The van der Waals surface area contributed by atoms with Crippen LogP contribution < -0.4 is 10.0 Å². The van der Waals surface area contributed by atoms with Crippen LogP contribution in [0.3, 0.4) is 0 Å². The fourth-order valence-corrected chi connectivity index (χ4v) is 2.44. The second-order valence-electron chi connectivity index (χ2n) is 4.30. The Kier molecular flexibility index (Phi) is 4.58. The first-order chi connectivity index (χ1) is 9.53. The van der Waals surface area contributed by atoms with Crippen LogP contribution in [-0.4, -0.2) is 31.8 Å². The van der Waals surface area contributed by atoms with Crippen molar-refractivity contribution in [3.63, 3.8) is 0 Å². The van der Waals surface area contributed by atoms with E-state index in [1.807, 2.05) is 17.8 Å². The number of rotatable bonds is 7. The normalized spacial score (nSPS) is 11.9. The van der Waals surface area contributed by atoms with Gasteiger partial charge in [0, 0.05) is 31.9 Å². The van der Waals surface area contributed by atoms with Crippen molar-refractivity contribution in [1.29, 1.82) is 0 Å². The summed E-state index contributed by atoms with van der Waals surface area (Å²) in [4.78, 5) is 0. The van der Waals surface area contributed by atoms with Gasteiger partial charge < -0.3 is 9.73 Å². The van der Waals surface area contributed by atoms with Crippen LogP contribution in [0.5, 0.6) is 0 Å². The average molecular weight is 298 g/mol. The number of sulfonamides is 1. The number of hydrogen-bond acceptors (Lipinski definition) is 5. The molecule has 0 unspecified atom stereocenters. The number of hydrogen-bond donors (Lipinski definition) is 2. The zero-order valence-corrected chi connectivity index (χ0v) is 12.3. The molecule has 0 bridgehead atoms. The molecule has 0 atom stereocenters. The molecule has 0 saturated carbocycles. The number of furan rings is 1. The molecule has 0 amide bonds. The molecule has 2 heterocycles. The first-order valence-electron chi connectivity index (χ1n) is 6.23. The first kappa shape index (κ1) is 14.8. The van der Waals surface area contributed by atoms with Crippen molar-refractivity contribution >= 4 is 10.0 Å². The van der Waals surface area contributed by atoms with Crippen LogP contribution in [0.4, 0.5) is 0 Å². The minimum atomic E-state index is -3.51. The van der Waals surface area contributed by atoms with Gasteiger partial charge in [-0.15, -0.1) is 0 Å². The summed E-state index contributed by atoms with van der Waals surface area (Å²) in [5, 5.41) is 7.22. The van der Waals surface area contributed by atoms with Crippen molar-refractivity contribution in [2.45, 2.75) is 18.1 Å². The van der Waals surface area contributed by atoms with Crippen molar-refractivity contribution in [3.8, 4) is 0 Å². The van der Waals surface area contributed by atoms with Crippen LogP contribution >= 0.6 is 0 Å². The molecule has 7 nitrogen and oxygen atoms in total. The molecule has 20 heavy (non-hydrogen) atoms. The molecule has 0 fully saturated rings. The van der Waals surface area contributed by atoms with Gasteiger partial charge in [-0.2, -0.15) is 5.10 Å². The topological polar surface area (TPSA) is 89.2 Å². The van der Waals surface area contributed by atoms with E-state index in [0.717, 1.165) is 18.7 Å². The fraction of sp³-hybridized carbons (Fsp3) is 0.417. The molecule has 0 spiro atoms. The lowest BCUT2D eigenvalue weighted by Crippen LogP contribution is -2.18. The van der Waals surface area contributed by atoms with E-state index in [0.29, 0.717) is 12.3 Å². The van der Waals surface area contributed by atoms with E-state index in [2.05, 4.69) is 15.1 Å². The molecule has 110 valence electrons. The summed E-state index contributed by atoms with van der Waals surface area (Å²) in [6.07, 6.45) is 2.61. The Hall–Kier alpha value is -1.64. The molecular formula is C12H18N4O3S. The molecule has 0 aliphatic rings. The third-order valence-electron chi connectivity index (χ3n) is 2.95. The zero-order chi connectivity index (χ0) is 14.6. The summed E-state index contributed by atoms with van der Waals surface area (Å²) in [5.41, 5.74) is 1.13. The standard InChI is InChI=1S/C12H18N4O3S/c1-13-20(17,18)12-4-3-11(19-12)9-14-7-5-10-6-8-15-16(10)2/h3-4,6,8,13-14H,5,7,9H2,1-2H3. The van der Waals surface area contributed by atoms with Crippen LogP contribution in [0.1, 0.15) is 11.5 Å². The summed E-state index contributed by atoms with van der Waals surface area (Å²) in [5.74, 6) is 0.587. The largest absolute Gasteiger partial charge is 0.447 e. The van der Waals surface area contributed by atoms with E-state index in [4.69, 9.17) is 4.42 Å². The van der Waals surface area contributed by atoms with Crippen LogP contribution in [0.25, 0.3) is 0 Å². The summed E-state index contributed by atoms with van der Waals surface area (Å²) in [6, 6.07) is 5.07. The van der Waals surface area contributed by atoms with Crippen LogP contribution in [-0.2, 0) is 30.0 Å². The van der Waals surface area contributed by atoms with Crippen LogP contribution in [0, 0.1) is 0 Å². The van der Waals surface area contributed by atoms with Crippen LogP contribution in [0.2, 0.25) is 0 Å². The monoisotopic (exact) mass is 298 g/mol. The second-order valence-corrected chi connectivity index (χ2v) is 6.12. The van der Waals surface area contributed by atoms with E-state index < -0.39 is 10.0 Å². The maximum Gasteiger partial charge on any atom is 0.273 e. The SMILES string of the molecule is CNS(=O)(=O)c1ccc(CNCCc2ccnn2C)o1. The van der Waals surface area contributed by atoms with Crippen molar-refractivity contribution < 1.29 is 12.8 Å². The van der Waals surface area contributed by atoms with Gasteiger partial charge in [-0.3, -0.25) is 4.68 Å². The lowest BCUT2D eigenvalue weighted by Gasteiger charge is -2.03. The Balaban J connectivity index is 1.82. The summed E-state index contributed by atoms with van der Waals surface area (Å²) in [6.45, 7) is 1.24. The molecule has 0 aliphatic heterocycles. The van der Waals surface area contributed by atoms with E-state index in [-0.39, 0.29) is 5.09 Å². The van der Waals surface area contributed by atoms with Gasteiger partial charge in [-0.05, 0) is 25.2 Å². The Morgan fingerprint density at radius 3 is 2.80 bits per heavy atom. The van der Waals surface area contributed by atoms with Gasteiger partial charge in [-0.25, -0.2) is 13.1 Å². The van der Waals surface area contributed by atoms with Gasteiger partial charge >= 0.3 is 0 Å². The molecule has 0 aliphatic carbocycles. The highest BCUT2D eigenvalue weighted by molar-refractivity contribution is 7.89. The molecule has 2 rings (SSSR count). The molecule has 2 aromatic heterocycles. The maximum atomic E-state index is 11.5. The van der Waals surface area contributed by atoms with Crippen molar-refractivity contribution in [3.05, 3.63) is 35.9 Å². The highest BCUT2D eigenvalue weighted by atomic mass is 32.2. The second kappa shape index (κ2) is 6.21. The number of aromatic nitrogens is 2. The molecule has 0 saturated heterocycles. The van der Waals surface area contributed by atoms with E-state index in [1.165, 1.54) is 13.1 Å². The summed E-state index contributed by atoms with van der Waals surface area (Å²) < 4.78 is 32.3. The number of nitrogens with zero attached hydrogens (tertiary/aromatic N) is 2. The highest BCUT2D eigenvalue weighted by Gasteiger charge is 2.15. The van der Waals surface area contributed by atoms with Gasteiger partial charge in [0.15, 0.2) is 0 Å². The van der Waals surface area contributed by atoms with Gasteiger partial charge in [0.25, 0.3) is 10.0 Å². The third-order valence-corrected chi connectivity index (χ3v) is 4.24. The number of nitrogens with one attached hydrogen (secondary N) is 2. The average Bonchev–Trinajstić information content (AvgIpc) is 3.04. The quantitative estimate of drug-likeness (QED) is 0.715. The molecular weight excluding hydrogens is 280 g/mol. The maximum absolute atomic E-state index is 11.5. The van der Waals surface area contributed by atoms with Crippen molar-refractivity contribution in [1.82, 2.24) is 19.8 Å². The van der Waals surface area contributed by atoms with Crippen LogP contribution in [0.15, 0.2) is 33.9 Å². The van der Waals surface area contributed by atoms with Gasteiger partial charge in [0.2, 0.25) is 5.09 Å². The first-order valence-corrected chi connectivity index (χ1v) is 7.71. The summed E-state index contributed by atoms with van der Waals surface area (Å²) in [7, 11) is -0.255. The van der Waals surface area contributed by atoms with E-state index >= 15 is 0 Å². The molecule has 0 aromatic carbocycles. The molecule has 2 aromatic rings. The fourth-order valence-electron chi connectivity index (χ4n) is 1.77. The smallest absolute Gasteiger partial charge is 0.273 e.